The number of nitrogens with zero attached hydrogens (tertiary/aromatic N) is 3. The first-order valence-corrected chi connectivity index (χ1v) is 11.2. The van der Waals surface area contributed by atoms with Gasteiger partial charge < -0.3 is 22.9 Å². The Balaban J connectivity index is 1.24. The lowest BCUT2D eigenvalue weighted by Gasteiger charge is -2.27. The molecule has 1 atom stereocenters. The van der Waals surface area contributed by atoms with Crippen molar-refractivity contribution < 1.29 is 23.1 Å². The van der Waals surface area contributed by atoms with E-state index in [0.717, 1.165) is 22.9 Å². The Morgan fingerprint density at radius 1 is 1.16 bits per heavy atom. The first kappa shape index (κ1) is 20.4. The zero-order valence-electron chi connectivity index (χ0n) is 17.6. The number of Topliss-reactive ketones (excluding diaryl/α,β-unsaturated/α-hetero) is 1. The molecule has 32 heavy (non-hydrogen) atoms. The number of aromatic nitrogens is 3. The summed E-state index contributed by atoms with van der Waals surface area (Å²) in [6.07, 6.45) is 1.40. The largest absolute Gasteiger partial charge is 0.486 e. The molecule has 0 spiro atoms. The van der Waals surface area contributed by atoms with Crippen LogP contribution in [0.25, 0.3) is 11.7 Å². The van der Waals surface area contributed by atoms with Gasteiger partial charge in [-0.25, -0.2) is 0 Å². The summed E-state index contributed by atoms with van der Waals surface area (Å²) in [7, 11) is 0. The molecule has 4 aromatic rings. The second kappa shape index (κ2) is 8.58. The van der Waals surface area contributed by atoms with Gasteiger partial charge in [0.2, 0.25) is 0 Å². The average molecular weight is 452 g/mol. The van der Waals surface area contributed by atoms with Crippen LogP contribution in [-0.4, -0.2) is 39.0 Å². The molecule has 0 unspecified atom stereocenters. The number of rotatable bonds is 7. The molecule has 0 saturated heterocycles. The number of carbonyl (C=O) groups excluding carboxylic acids is 1. The van der Waals surface area contributed by atoms with Crippen LogP contribution in [0.5, 0.6) is 11.5 Å². The highest BCUT2D eigenvalue weighted by Crippen LogP contribution is 2.32. The smallest absolute Gasteiger partial charge is 0.284 e. The summed E-state index contributed by atoms with van der Waals surface area (Å²) >= 11 is 1.21. The fourth-order valence-electron chi connectivity index (χ4n) is 3.69. The van der Waals surface area contributed by atoms with Crippen LogP contribution in [0.15, 0.2) is 62.8 Å². The number of aryl methyl sites for hydroxylation is 1. The molecule has 1 aromatic carbocycles. The molecule has 164 valence electrons. The summed E-state index contributed by atoms with van der Waals surface area (Å²) in [5.41, 5.74) is 2.58. The van der Waals surface area contributed by atoms with Crippen molar-refractivity contribution in [3.05, 3.63) is 65.7 Å². The fraction of sp³-hybridized carbons (Fsp3) is 0.261. The standard InChI is InChI=1S/C23H21N3O5S/c1-14-10-17(18(27)13-32-23-25-24-22(31-23)21-8-5-9-28-21)15(2)26(14)11-16-12-29-19-6-3-4-7-20(19)30-16/h3-10,16H,11-13H2,1-2H3/t16-/m0/s1. The van der Waals surface area contributed by atoms with Gasteiger partial charge in [-0.2, -0.15) is 0 Å². The topological polar surface area (TPSA) is 92.5 Å². The highest BCUT2D eigenvalue weighted by atomic mass is 32.2. The van der Waals surface area contributed by atoms with Gasteiger partial charge in [-0.15, -0.1) is 10.2 Å². The molecule has 5 rings (SSSR count). The Kier molecular flexibility index (Phi) is 5.48. The predicted octanol–water partition coefficient (Wildman–Crippen LogP) is 4.56. The summed E-state index contributed by atoms with van der Waals surface area (Å²) in [4.78, 5) is 12.9. The van der Waals surface area contributed by atoms with Gasteiger partial charge in [0.15, 0.2) is 29.1 Å². The maximum Gasteiger partial charge on any atom is 0.284 e. The van der Waals surface area contributed by atoms with Gasteiger partial charge >= 0.3 is 0 Å². The Bertz CT molecular complexity index is 1240. The third kappa shape index (κ3) is 4.03. The second-order valence-electron chi connectivity index (χ2n) is 7.46. The molecule has 3 aromatic heterocycles. The Morgan fingerprint density at radius 2 is 2.00 bits per heavy atom. The van der Waals surface area contributed by atoms with Crippen LogP contribution >= 0.6 is 11.8 Å². The van der Waals surface area contributed by atoms with E-state index in [1.54, 1.807) is 12.1 Å². The monoisotopic (exact) mass is 451 g/mol. The van der Waals surface area contributed by atoms with E-state index >= 15 is 0 Å². The average Bonchev–Trinajstić information content (AvgIpc) is 3.55. The van der Waals surface area contributed by atoms with Crippen LogP contribution in [0.2, 0.25) is 0 Å². The quantitative estimate of drug-likeness (QED) is 0.298. The number of ketones is 1. The van der Waals surface area contributed by atoms with E-state index in [9.17, 15) is 4.79 Å². The molecular formula is C23H21N3O5S. The van der Waals surface area contributed by atoms with E-state index in [1.807, 2.05) is 44.2 Å². The number of para-hydroxylation sites is 2. The summed E-state index contributed by atoms with van der Waals surface area (Å²) in [6.45, 7) is 5.00. The molecule has 8 nitrogen and oxygen atoms in total. The molecule has 0 N–H and O–H groups in total. The fourth-order valence-corrected chi connectivity index (χ4v) is 4.34. The van der Waals surface area contributed by atoms with Gasteiger partial charge in [-0.3, -0.25) is 4.79 Å². The Labute approximate surface area is 188 Å². The van der Waals surface area contributed by atoms with Crippen LogP contribution < -0.4 is 9.47 Å². The van der Waals surface area contributed by atoms with Crippen molar-refractivity contribution in [1.82, 2.24) is 14.8 Å². The number of hydrogen-bond donors (Lipinski definition) is 0. The summed E-state index contributed by atoms with van der Waals surface area (Å²) in [5, 5.41) is 8.26. The Morgan fingerprint density at radius 3 is 2.81 bits per heavy atom. The molecule has 0 amide bonds. The molecule has 0 radical (unpaired) electrons. The summed E-state index contributed by atoms with van der Waals surface area (Å²) < 4.78 is 24.8. The molecule has 1 aliphatic heterocycles. The van der Waals surface area contributed by atoms with Crippen LogP contribution in [-0.2, 0) is 6.54 Å². The minimum atomic E-state index is -0.134. The van der Waals surface area contributed by atoms with E-state index in [4.69, 9.17) is 18.3 Å². The number of carbonyl (C=O) groups is 1. The van der Waals surface area contributed by atoms with E-state index < -0.39 is 0 Å². The van der Waals surface area contributed by atoms with E-state index in [-0.39, 0.29) is 17.6 Å². The van der Waals surface area contributed by atoms with Gasteiger partial charge in [-0.05, 0) is 44.2 Å². The number of benzene rings is 1. The van der Waals surface area contributed by atoms with Gasteiger partial charge in [0.25, 0.3) is 11.1 Å². The van der Waals surface area contributed by atoms with Crippen LogP contribution in [0.1, 0.15) is 21.7 Å². The number of hydrogen-bond acceptors (Lipinski definition) is 8. The van der Waals surface area contributed by atoms with Crippen molar-refractivity contribution in [2.24, 2.45) is 0 Å². The highest BCUT2D eigenvalue weighted by molar-refractivity contribution is 7.99. The van der Waals surface area contributed by atoms with Crippen molar-refractivity contribution in [2.45, 2.75) is 31.7 Å². The second-order valence-corrected chi connectivity index (χ2v) is 8.38. The predicted molar refractivity (Wildman–Crippen MR) is 117 cm³/mol. The first-order chi connectivity index (χ1) is 15.6. The lowest BCUT2D eigenvalue weighted by atomic mass is 10.2. The van der Waals surface area contributed by atoms with Gasteiger partial charge in [-0.1, -0.05) is 23.9 Å². The molecule has 0 aliphatic carbocycles. The number of furan rings is 1. The summed E-state index contributed by atoms with van der Waals surface area (Å²) in [6, 6.07) is 13.0. The van der Waals surface area contributed by atoms with E-state index in [1.165, 1.54) is 18.0 Å². The zero-order valence-corrected chi connectivity index (χ0v) is 18.4. The van der Waals surface area contributed by atoms with Crippen molar-refractivity contribution >= 4 is 17.5 Å². The lowest BCUT2D eigenvalue weighted by Crippen LogP contribution is -2.33. The van der Waals surface area contributed by atoms with Crippen molar-refractivity contribution in [3.8, 4) is 23.1 Å². The molecular weight excluding hydrogens is 430 g/mol. The van der Waals surface area contributed by atoms with Crippen LogP contribution in [0, 0.1) is 13.8 Å². The van der Waals surface area contributed by atoms with Crippen LogP contribution in [0.4, 0.5) is 0 Å². The number of ether oxygens (including phenoxy) is 2. The SMILES string of the molecule is Cc1cc(C(=O)CSc2nnc(-c3ccco3)o2)c(C)n1C[C@H]1COc2ccccc2O1. The minimum Gasteiger partial charge on any atom is -0.486 e. The molecule has 9 heteroatoms. The Hall–Kier alpha value is -3.46. The zero-order chi connectivity index (χ0) is 22.1. The van der Waals surface area contributed by atoms with E-state index in [2.05, 4.69) is 14.8 Å². The normalized spacial score (nSPS) is 15.1. The molecule has 0 fully saturated rings. The number of thioether (sulfide) groups is 1. The van der Waals surface area contributed by atoms with Gasteiger partial charge in [0.1, 0.15) is 6.61 Å². The lowest BCUT2D eigenvalue weighted by molar-refractivity contribution is 0.0777. The first-order valence-electron chi connectivity index (χ1n) is 10.2. The molecule has 0 bridgehead atoms. The maximum absolute atomic E-state index is 12.9. The summed E-state index contributed by atoms with van der Waals surface area (Å²) in [5.74, 6) is 2.48. The van der Waals surface area contributed by atoms with Crippen molar-refractivity contribution in [3.63, 3.8) is 0 Å². The number of fused-ring (bicyclic) bond motifs is 1. The van der Waals surface area contributed by atoms with E-state index in [0.29, 0.717) is 35.6 Å². The molecule has 1 aliphatic rings. The minimum absolute atomic E-state index is 0.00161. The van der Waals surface area contributed by atoms with Crippen molar-refractivity contribution in [2.75, 3.05) is 12.4 Å². The third-order valence-corrected chi connectivity index (χ3v) is 6.11. The van der Waals surface area contributed by atoms with Crippen molar-refractivity contribution in [1.29, 1.82) is 0 Å². The molecule has 4 heterocycles. The van der Waals surface area contributed by atoms with Crippen LogP contribution in [0.3, 0.4) is 0 Å². The van der Waals surface area contributed by atoms with Gasteiger partial charge in [0.05, 0.1) is 18.6 Å². The van der Waals surface area contributed by atoms with Gasteiger partial charge in [0, 0.05) is 17.0 Å². The maximum atomic E-state index is 12.9. The highest BCUT2D eigenvalue weighted by Gasteiger charge is 2.24. The third-order valence-electron chi connectivity index (χ3n) is 5.29. The molecule has 0 saturated carbocycles.